The number of rotatable bonds is 7. The molecule has 0 aliphatic carbocycles. The topological polar surface area (TPSA) is 68.5 Å². The van der Waals surface area contributed by atoms with Gasteiger partial charge in [0.15, 0.2) is 0 Å². The summed E-state index contributed by atoms with van der Waals surface area (Å²) in [6.45, 7) is 0.284. The molecule has 2 aromatic heterocycles. The standard InChI is InChI=1S/C11H12BrNO4S2/c12-10-5-6-11(18-10)19(14,15)13-17-8-2-4-9-3-1-7-16-9/h1,3,5-7,13H,2,4,8H2. The van der Waals surface area contributed by atoms with Crippen molar-refractivity contribution in [2.24, 2.45) is 0 Å². The van der Waals surface area contributed by atoms with Crippen LogP contribution in [0.5, 0.6) is 0 Å². The normalized spacial score (nSPS) is 11.8. The maximum Gasteiger partial charge on any atom is 0.271 e. The van der Waals surface area contributed by atoms with Crippen LogP contribution in [0.2, 0.25) is 0 Å². The molecule has 1 N–H and O–H groups in total. The molecule has 0 radical (unpaired) electrons. The summed E-state index contributed by atoms with van der Waals surface area (Å²) in [7, 11) is -3.58. The van der Waals surface area contributed by atoms with Gasteiger partial charge in [-0.25, -0.2) is 8.42 Å². The first-order chi connectivity index (χ1) is 9.08. The minimum absolute atomic E-state index is 0.213. The average molecular weight is 366 g/mol. The summed E-state index contributed by atoms with van der Waals surface area (Å²) in [4.78, 5) is 7.07. The fourth-order valence-corrected chi connectivity index (χ4v) is 4.20. The molecule has 5 nitrogen and oxygen atoms in total. The van der Waals surface area contributed by atoms with Crippen LogP contribution in [0.3, 0.4) is 0 Å². The van der Waals surface area contributed by atoms with Crippen molar-refractivity contribution in [3.8, 4) is 0 Å². The third-order valence-electron chi connectivity index (χ3n) is 2.23. The fourth-order valence-electron chi connectivity index (χ4n) is 1.38. The van der Waals surface area contributed by atoms with E-state index in [1.54, 1.807) is 12.3 Å². The average Bonchev–Trinajstić information content (AvgIpc) is 3.00. The summed E-state index contributed by atoms with van der Waals surface area (Å²) in [6, 6.07) is 6.88. The fraction of sp³-hybridized carbons (Fsp3) is 0.273. The molecule has 0 aliphatic heterocycles. The highest BCUT2D eigenvalue weighted by Gasteiger charge is 2.16. The van der Waals surface area contributed by atoms with Crippen molar-refractivity contribution in [2.75, 3.05) is 6.61 Å². The molecule has 0 saturated carbocycles. The summed E-state index contributed by atoms with van der Waals surface area (Å²) in [5.41, 5.74) is 0. The van der Waals surface area contributed by atoms with E-state index in [1.807, 2.05) is 12.1 Å². The van der Waals surface area contributed by atoms with Crippen molar-refractivity contribution >= 4 is 37.3 Å². The van der Waals surface area contributed by atoms with Gasteiger partial charge in [0.2, 0.25) is 0 Å². The highest BCUT2D eigenvalue weighted by Crippen LogP contribution is 2.25. The molecule has 104 valence electrons. The van der Waals surface area contributed by atoms with E-state index in [1.165, 1.54) is 6.07 Å². The molecule has 0 spiro atoms. The van der Waals surface area contributed by atoms with Gasteiger partial charge in [0.25, 0.3) is 10.0 Å². The molecule has 0 bridgehead atoms. The quantitative estimate of drug-likeness (QED) is 0.604. The monoisotopic (exact) mass is 365 g/mol. The lowest BCUT2D eigenvalue weighted by Gasteiger charge is -2.04. The molecule has 2 heterocycles. The van der Waals surface area contributed by atoms with Crippen molar-refractivity contribution in [3.63, 3.8) is 0 Å². The lowest BCUT2D eigenvalue weighted by Crippen LogP contribution is -2.23. The Morgan fingerprint density at radius 3 is 2.84 bits per heavy atom. The zero-order chi connectivity index (χ0) is 13.7. The SMILES string of the molecule is O=S(=O)(NOCCCc1ccco1)c1ccc(Br)s1. The van der Waals surface area contributed by atoms with Crippen LogP contribution in [-0.4, -0.2) is 15.0 Å². The zero-order valence-corrected chi connectivity index (χ0v) is 13.1. The Labute approximate surface area is 123 Å². The highest BCUT2D eigenvalue weighted by atomic mass is 79.9. The summed E-state index contributed by atoms with van der Waals surface area (Å²) in [5.74, 6) is 0.855. The van der Waals surface area contributed by atoms with E-state index in [9.17, 15) is 8.42 Å². The van der Waals surface area contributed by atoms with Crippen molar-refractivity contribution in [2.45, 2.75) is 17.1 Å². The molecular weight excluding hydrogens is 354 g/mol. The van der Waals surface area contributed by atoms with E-state index in [2.05, 4.69) is 20.8 Å². The van der Waals surface area contributed by atoms with Gasteiger partial charge in [0.1, 0.15) is 9.97 Å². The van der Waals surface area contributed by atoms with E-state index >= 15 is 0 Å². The maximum atomic E-state index is 11.8. The van der Waals surface area contributed by atoms with Crippen LogP contribution in [-0.2, 0) is 21.3 Å². The van der Waals surface area contributed by atoms with Crippen molar-refractivity contribution < 1.29 is 17.7 Å². The second kappa shape index (κ2) is 6.67. The number of furan rings is 1. The Hall–Kier alpha value is -0.670. The third-order valence-corrected chi connectivity index (χ3v) is 5.56. The van der Waals surface area contributed by atoms with Gasteiger partial charge in [-0.1, -0.05) is 4.89 Å². The molecule has 8 heteroatoms. The Morgan fingerprint density at radius 1 is 1.37 bits per heavy atom. The lowest BCUT2D eigenvalue weighted by molar-refractivity contribution is 0.0907. The second-order valence-corrected chi connectivity index (χ2v) is 8.01. The second-order valence-electron chi connectivity index (χ2n) is 3.68. The first-order valence-corrected chi connectivity index (χ1v) is 8.58. The van der Waals surface area contributed by atoms with Crippen LogP contribution in [0.1, 0.15) is 12.2 Å². The minimum atomic E-state index is -3.58. The summed E-state index contributed by atoms with van der Waals surface area (Å²) in [5, 5.41) is 0. The predicted octanol–water partition coefficient (Wildman–Crippen LogP) is 2.95. The van der Waals surface area contributed by atoms with Gasteiger partial charge in [-0.15, -0.1) is 11.3 Å². The molecule has 0 saturated heterocycles. The van der Waals surface area contributed by atoms with Crippen LogP contribution in [0.15, 0.2) is 42.9 Å². The summed E-state index contributed by atoms with van der Waals surface area (Å²) < 4.78 is 29.7. The van der Waals surface area contributed by atoms with Crippen LogP contribution < -0.4 is 4.89 Å². The number of hydrogen-bond donors (Lipinski definition) is 1. The van der Waals surface area contributed by atoms with Gasteiger partial charge < -0.3 is 4.42 Å². The van der Waals surface area contributed by atoms with Crippen LogP contribution >= 0.6 is 27.3 Å². The van der Waals surface area contributed by atoms with Crippen molar-refractivity contribution in [3.05, 3.63) is 40.1 Å². The molecule has 0 aliphatic rings. The predicted molar refractivity (Wildman–Crippen MR) is 75.3 cm³/mol. The largest absolute Gasteiger partial charge is 0.469 e. The molecular formula is C11H12BrNO4S2. The Bertz CT molecular complexity index is 606. The third kappa shape index (κ3) is 4.43. The van der Waals surface area contributed by atoms with E-state index in [0.29, 0.717) is 12.8 Å². The van der Waals surface area contributed by atoms with Gasteiger partial charge in [-0.05, 0) is 46.6 Å². The number of nitrogens with one attached hydrogen (secondary N) is 1. The van der Waals surface area contributed by atoms with E-state index < -0.39 is 10.0 Å². The van der Waals surface area contributed by atoms with Crippen molar-refractivity contribution in [1.82, 2.24) is 4.89 Å². The first kappa shape index (κ1) is 14.7. The van der Waals surface area contributed by atoms with E-state index in [0.717, 1.165) is 20.9 Å². The van der Waals surface area contributed by atoms with E-state index in [4.69, 9.17) is 9.25 Å². The zero-order valence-electron chi connectivity index (χ0n) is 9.84. The molecule has 0 aromatic carbocycles. The van der Waals surface area contributed by atoms with Gasteiger partial charge in [-0.2, -0.15) is 0 Å². The molecule has 0 amide bonds. The number of hydrogen-bond acceptors (Lipinski definition) is 5. The highest BCUT2D eigenvalue weighted by molar-refractivity contribution is 9.11. The van der Waals surface area contributed by atoms with Gasteiger partial charge in [0.05, 0.1) is 16.7 Å². The molecule has 0 fully saturated rings. The van der Waals surface area contributed by atoms with Crippen LogP contribution in [0, 0.1) is 0 Å². The Balaban J connectivity index is 1.73. The number of halogens is 1. The molecule has 2 rings (SSSR count). The lowest BCUT2D eigenvalue weighted by atomic mass is 10.3. The van der Waals surface area contributed by atoms with Crippen molar-refractivity contribution in [1.29, 1.82) is 0 Å². The summed E-state index contributed by atoms with van der Waals surface area (Å²) >= 11 is 4.34. The molecule has 0 atom stereocenters. The Kier molecular flexibility index (Phi) is 5.17. The van der Waals surface area contributed by atoms with Gasteiger partial charge >= 0.3 is 0 Å². The Morgan fingerprint density at radius 2 is 2.21 bits per heavy atom. The first-order valence-electron chi connectivity index (χ1n) is 5.49. The number of thiophene rings is 1. The van der Waals surface area contributed by atoms with Gasteiger partial charge in [0, 0.05) is 6.42 Å². The summed E-state index contributed by atoms with van der Waals surface area (Å²) in [6.07, 6.45) is 2.98. The smallest absolute Gasteiger partial charge is 0.271 e. The molecule has 0 unspecified atom stereocenters. The maximum absolute atomic E-state index is 11.8. The van der Waals surface area contributed by atoms with E-state index in [-0.39, 0.29) is 10.8 Å². The van der Waals surface area contributed by atoms with Crippen LogP contribution in [0.25, 0.3) is 0 Å². The van der Waals surface area contributed by atoms with Crippen LogP contribution in [0.4, 0.5) is 0 Å². The number of sulfonamides is 1. The molecule has 2 aromatic rings. The minimum Gasteiger partial charge on any atom is -0.469 e. The number of aryl methyl sites for hydroxylation is 1. The molecule has 19 heavy (non-hydrogen) atoms. The van der Waals surface area contributed by atoms with Gasteiger partial charge in [-0.3, -0.25) is 4.84 Å².